The minimum Gasteiger partial charge on any atom is -0.488 e. The van der Waals surface area contributed by atoms with E-state index >= 15 is 0 Å². The predicted molar refractivity (Wildman–Crippen MR) is 101 cm³/mol. The van der Waals surface area contributed by atoms with Gasteiger partial charge in [0.05, 0.1) is 15.9 Å². The first-order valence-electron chi connectivity index (χ1n) is 8.30. The summed E-state index contributed by atoms with van der Waals surface area (Å²) < 4.78 is 32.8. The van der Waals surface area contributed by atoms with Crippen LogP contribution in [0, 0.1) is 0 Å². The molecule has 0 saturated carbocycles. The maximum absolute atomic E-state index is 12.9. The SMILES string of the molecule is O=C(NO)[C@H]1[C@@H](O)CCCN1S(=O)(=O)c1ccc(OCc2cnc(Cl)s2)cc1. The summed E-state index contributed by atoms with van der Waals surface area (Å²) in [5.41, 5.74) is 1.42. The molecule has 1 aliphatic heterocycles. The normalized spacial score (nSPS) is 20.7. The van der Waals surface area contributed by atoms with Gasteiger partial charge in [-0.1, -0.05) is 11.6 Å². The van der Waals surface area contributed by atoms with Gasteiger partial charge in [-0.2, -0.15) is 4.31 Å². The lowest BCUT2D eigenvalue weighted by molar-refractivity contribution is -0.138. The maximum Gasteiger partial charge on any atom is 0.264 e. The van der Waals surface area contributed by atoms with Gasteiger partial charge in [0, 0.05) is 12.7 Å². The van der Waals surface area contributed by atoms with Gasteiger partial charge in [-0.05, 0) is 37.1 Å². The van der Waals surface area contributed by atoms with E-state index in [1.807, 2.05) is 0 Å². The first kappa shape index (κ1) is 21.0. The standard InChI is InChI=1S/C16H18ClN3O6S2/c17-16-18-8-11(27-16)9-26-10-3-5-12(6-4-10)28(24,25)20-7-1-2-13(21)14(20)15(22)19-23/h3-6,8,13-14,21,23H,1-2,7,9H2,(H,19,22)/t13-,14+/m0/s1. The number of hydrogen-bond donors (Lipinski definition) is 3. The number of thiazole rings is 1. The highest BCUT2D eigenvalue weighted by Gasteiger charge is 2.42. The number of aromatic nitrogens is 1. The van der Waals surface area contributed by atoms with Gasteiger partial charge in [-0.3, -0.25) is 10.0 Å². The lowest BCUT2D eigenvalue weighted by atomic mass is 10.0. The van der Waals surface area contributed by atoms with Crippen molar-refractivity contribution in [3.8, 4) is 5.75 Å². The Kier molecular flexibility index (Phi) is 6.53. The average Bonchev–Trinajstić information content (AvgIpc) is 3.11. The van der Waals surface area contributed by atoms with E-state index in [0.717, 1.165) is 9.18 Å². The minimum absolute atomic E-state index is 0.0504. The Morgan fingerprint density at radius 1 is 1.39 bits per heavy atom. The topological polar surface area (TPSA) is 129 Å². The Balaban J connectivity index is 1.76. The number of carbonyl (C=O) groups is 1. The fraction of sp³-hybridized carbons (Fsp3) is 0.375. The number of ether oxygens (including phenoxy) is 1. The van der Waals surface area contributed by atoms with E-state index in [2.05, 4.69) is 4.98 Å². The highest BCUT2D eigenvalue weighted by Crippen LogP contribution is 2.27. The monoisotopic (exact) mass is 447 g/mol. The molecule has 0 radical (unpaired) electrons. The molecule has 1 amide bonds. The molecule has 2 atom stereocenters. The molecule has 1 saturated heterocycles. The summed E-state index contributed by atoms with van der Waals surface area (Å²) in [4.78, 5) is 16.6. The van der Waals surface area contributed by atoms with E-state index in [9.17, 15) is 18.3 Å². The Labute approximate surface area is 170 Å². The van der Waals surface area contributed by atoms with Crippen LogP contribution in [-0.2, 0) is 21.4 Å². The third kappa shape index (κ3) is 4.45. The molecule has 12 heteroatoms. The number of hydroxylamine groups is 1. The van der Waals surface area contributed by atoms with Crippen LogP contribution >= 0.6 is 22.9 Å². The summed E-state index contributed by atoms with van der Waals surface area (Å²) in [6.07, 6.45) is 1.05. The fourth-order valence-corrected chi connectivity index (χ4v) is 5.48. The number of sulfonamides is 1. The second-order valence-electron chi connectivity index (χ2n) is 6.09. The zero-order chi connectivity index (χ0) is 20.3. The summed E-state index contributed by atoms with van der Waals surface area (Å²) in [7, 11) is -4.06. The van der Waals surface area contributed by atoms with E-state index in [1.165, 1.54) is 41.1 Å². The predicted octanol–water partition coefficient (Wildman–Crippen LogP) is 1.39. The Morgan fingerprint density at radius 3 is 2.71 bits per heavy atom. The van der Waals surface area contributed by atoms with Crippen LogP contribution < -0.4 is 10.2 Å². The number of carbonyl (C=O) groups excluding carboxylic acids is 1. The van der Waals surface area contributed by atoms with Gasteiger partial charge in [0.15, 0.2) is 4.47 Å². The Hall–Kier alpha value is -1.76. The molecule has 9 nitrogen and oxygen atoms in total. The molecule has 28 heavy (non-hydrogen) atoms. The molecule has 1 fully saturated rings. The van der Waals surface area contributed by atoms with Crippen LogP contribution in [0.25, 0.3) is 0 Å². The molecule has 2 heterocycles. The molecule has 1 aliphatic rings. The second kappa shape index (κ2) is 8.72. The van der Waals surface area contributed by atoms with Crippen molar-refractivity contribution < 1.29 is 28.3 Å². The number of hydrogen-bond acceptors (Lipinski definition) is 8. The second-order valence-corrected chi connectivity index (χ2v) is 9.67. The number of nitrogens with zero attached hydrogens (tertiary/aromatic N) is 2. The van der Waals surface area contributed by atoms with Crippen LogP contribution in [0.3, 0.4) is 0 Å². The quantitative estimate of drug-likeness (QED) is 0.450. The molecular weight excluding hydrogens is 430 g/mol. The van der Waals surface area contributed by atoms with Gasteiger partial charge in [-0.25, -0.2) is 18.9 Å². The number of piperidine rings is 1. The van der Waals surface area contributed by atoms with Gasteiger partial charge in [0.25, 0.3) is 5.91 Å². The molecule has 0 aliphatic carbocycles. The first-order valence-corrected chi connectivity index (χ1v) is 10.9. The fourth-order valence-electron chi connectivity index (χ4n) is 2.93. The number of aliphatic hydroxyl groups excluding tert-OH is 1. The molecule has 2 aromatic rings. The lowest BCUT2D eigenvalue weighted by Crippen LogP contribution is -2.57. The smallest absolute Gasteiger partial charge is 0.264 e. The lowest BCUT2D eigenvalue weighted by Gasteiger charge is -2.36. The van der Waals surface area contributed by atoms with Crippen LogP contribution in [0.4, 0.5) is 0 Å². The molecule has 0 unspecified atom stereocenters. The zero-order valence-electron chi connectivity index (χ0n) is 14.5. The maximum atomic E-state index is 12.9. The van der Waals surface area contributed by atoms with Gasteiger partial charge in [0.2, 0.25) is 10.0 Å². The number of nitrogens with one attached hydrogen (secondary N) is 1. The highest BCUT2D eigenvalue weighted by atomic mass is 35.5. The summed E-state index contributed by atoms with van der Waals surface area (Å²) >= 11 is 7.04. The van der Waals surface area contributed by atoms with E-state index in [1.54, 1.807) is 6.20 Å². The Morgan fingerprint density at radius 2 is 2.11 bits per heavy atom. The number of halogens is 1. The van der Waals surface area contributed by atoms with Crippen LogP contribution in [0.5, 0.6) is 5.75 Å². The zero-order valence-corrected chi connectivity index (χ0v) is 16.9. The molecule has 3 N–H and O–H groups in total. The van der Waals surface area contributed by atoms with Crippen molar-refractivity contribution in [3.63, 3.8) is 0 Å². The van der Waals surface area contributed by atoms with Gasteiger partial charge in [-0.15, -0.1) is 11.3 Å². The van der Waals surface area contributed by atoms with Crippen molar-refractivity contribution in [3.05, 3.63) is 39.8 Å². The van der Waals surface area contributed by atoms with Gasteiger partial charge in [0.1, 0.15) is 18.4 Å². The summed E-state index contributed by atoms with van der Waals surface area (Å²) in [5, 5.41) is 19.0. The average molecular weight is 448 g/mol. The van der Waals surface area contributed by atoms with Crippen molar-refractivity contribution >= 4 is 38.9 Å². The van der Waals surface area contributed by atoms with Crippen molar-refractivity contribution in [2.75, 3.05) is 6.54 Å². The Bertz CT molecular complexity index is 934. The van der Waals surface area contributed by atoms with Gasteiger partial charge < -0.3 is 9.84 Å². The molecule has 1 aromatic heterocycles. The van der Waals surface area contributed by atoms with E-state index in [4.69, 9.17) is 21.5 Å². The van der Waals surface area contributed by atoms with Crippen molar-refractivity contribution in [1.29, 1.82) is 0 Å². The molecule has 3 rings (SSSR count). The van der Waals surface area contributed by atoms with Crippen LogP contribution in [0.2, 0.25) is 4.47 Å². The summed E-state index contributed by atoms with van der Waals surface area (Å²) in [5.74, 6) is -0.522. The molecule has 0 spiro atoms. The van der Waals surface area contributed by atoms with Gasteiger partial charge >= 0.3 is 0 Å². The van der Waals surface area contributed by atoms with Crippen molar-refractivity contribution in [2.45, 2.75) is 36.5 Å². The molecule has 1 aromatic carbocycles. The number of benzene rings is 1. The van der Waals surface area contributed by atoms with E-state index < -0.39 is 28.1 Å². The summed E-state index contributed by atoms with van der Waals surface area (Å²) in [6.45, 7) is 0.301. The van der Waals surface area contributed by atoms with E-state index in [0.29, 0.717) is 16.6 Å². The van der Waals surface area contributed by atoms with Crippen LogP contribution in [0.1, 0.15) is 17.7 Å². The van der Waals surface area contributed by atoms with E-state index in [-0.39, 0.29) is 24.5 Å². The largest absolute Gasteiger partial charge is 0.488 e. The minimum atomic E-state index is -4.06. The number of aliphatic hydroxyl groups is 1. The van der Waals surface area contributed by atoms with Crippen LogP contribution in [-0.4, -0.2) is 52.6 Å². The molecule has 0 bridgehead atoms. The third-order valence-corrected chi connectivity index (χ3v) is 7.25. The number of amides is 1. The third-order valence-electron chi connectivity index (χ3n) is 4.27. The first-order chi connectivity index (χ1) is 13.3. The van der Waals surface area contributed by atoms with Crippen molar-refractivity contribution in [2.24, 2.45) is 0 Å². The number of rotatable bonds is 6. The summed E-state index contributed by atoms with van der Waals surface area (Å²) in [6, 6.07) is 4.32. The molecular formula is C16H18ClN3O6S2. The van der Waals surface area contributed by atoms with Crippen molar-refractivity contribution in [1.82, 2.24) is 14.8 Å². The van der Waals surface area contributed by atoms with Crippen LogP contribution in [0.15, 0.2) is 35.4 Å². The molecule has 152 valence electrons. The highest BCUT2D eigenvalue weighted by molar-refractivity contribution is 7.89.